The van der Waals surface area contributed by atoms with E-state index in [1.165, 1.54) is 0 Å². The lowest BCUT2D eigenvalue weighted by Gasteiger charge is -2.17. The summed E-state index contributed by atoms with van der Waals surface area (Å²) in [6.07, 6.45) is 0.836. The number of likely N-dealkylation sites (tertiary alicyclic amines) is 1. The lowest BCUT2D eigenvalue weighted by atomic mass is 10.1. The molecule has 1 saturated heterocycles. The Balaban J connectivity index is 0.00000220. The van der Waals surface area contributed by atoms with E-state index in [0.717, 1.165) is 6.42 Å². The maximum absolute atomic E-state index is 12.4. The van der Waals surface area contributed by atoms with Crippen LogP contribution in [0.2, 0.25) is 0 Å². The number of benzene rings is 1. The highest BCUT2D eigenvalue weighted by atomic mass is 35.5. The van der Waals surface area contributed by atoms with Crippen LogP contribution >= 0.6 is 12.4 Å². The molecule has 0 aliphatic carbocycles. The van der Waals surface area contributed by atoms with Gasteiger partial charge >= 0.3 is 0 Å². The minimum atomic E-state index is -0.0692. The van der Waals surface area contributed by atoms with Gasteiger partial charge in [0.2, 0.25) is 0 Å². The zero-order valence-corrected chi connectivity index (χ0v) is 13.2. The van der Waals surface area contributed by atoms with E-state index in [1.807, 2.05) is 6.92 Å². The normalized spacial score (nSPS) is 17.3. The molecule has 2 N–H and O–H groups in total. The van der Waals surface area contributed by atoms with Crippen LogP contribution in [0.5, 0.6) is 0 Å². The number of nitrogens with two attached hydrogens (primary N) is 1. The fourth-order valence-corrected chi connectivity index (χ4v) is 2.30. The molecule has 0 saturated carbocycles. The molecule has 0 spiro atoms. The number of nitrogens with zero attached hydrogens (tertiary/aromatic N) is 2. The fraction of sp³-hybridized carbons (Fsp3) is 0.467. The standard InChI is InChI=1S/C15H21N3O2.ClH/c1-3-17(2)14(19)11-5-4-6-12(9-11)15(20)18-8-7-13(16)10-18;/h4-6,9,13H,3,7-8,10,16H2,1-2H3;1H/t13-;/m1./s1. The maximum Gasteiger partial charge on any atom is 0.253 e. The van der Waals surface area contributed by atoms with Gasteiger partial charge in [0, 0.05) is 43.9 Å². The van der Waals surface area contributed by atoms with Crippen molar-refractivity contribution >= 4 is 24.2 Å². The molecule has 116 valence electrons. The van der Waals surface area contributed by atoms with E-state index < -0.39 is 0 Å². The van der Waals surface area contributed by atoms with Crippen LogP contribution in [0.1, 0.15) is 34.1 Å². The zero-order chi connectivity index (χ0) is 14.7. The van der Waals surface area contributed by atoms with E-state index in [0.29, 0.717) is 30.8 Å². The summed E-state index contributed by atoms with van der Waals surface area (Å²) in [7, 11) is 1.75. The second kappa shape index (κ2) is 7.43. The van der Waals surface area contributed by atoms with E-state index >= 15 is 0 Å². The van der Waals surface area contributed by atoms with Crippen molar-refractivity contribution in [3.8, 4) is 0 Å². The first-order valence-electron chi connectivity index (χ1n) is 6.93. The summed E-state index contributed by atoms with van der Waals surface area (Å²) in [6.45, 7) is 3.83. The molecule has 1 heterocycles. The van der Waals surface area contributed by atoms with E-state index in [1.54, 1.807) is 41.1 Å². The minimum Gasteiger partial charge on any atom is -0.342 e. The predicted octanol–water partition coefficient (Wildman–Crippen LogP) is 1.37. The van der Waals surface area contributed by atoms with Crippen molar-refractivity contribution < 1.29 is 9.59 Å². The van der Waals surface area contributed by atoms with Gasteiger partial charge in [0.25, 0.3) is 11.8 Å². The molecule has 1 aliphatic rings. The van der Waals surface area contributed by atoms with Gasteiger partial charge < -0.3 is 15.5 Å². The fourth-order valence-electron chi connectivity index (χ4n) is 2.30. The first kappa shape index (κ1) is 17.5. The average Bonchev–Trinajstić information content (AvgIpc) is 2.91. The Labute approximate surface area is 131 Å². The van der Waals surface area contributed by atoms with Crippen LogP contribution in [-0.4, -0.2) is 54.3 Å². The van der Waals surface area contributed by atoms with Gasteiger partial charge in [0.05, 0.1) is 0 Å². The maximum atomic E-state index is 12.4. The van der Waals surface area contributed by atoms with Crippen molar-refractivity contribution in [1.82, 2.24) is 9.80 Å². The van der Waals surface area contributed by atoms with Crippen LogP contribution < -0.4 is 5.73 Å². The summed E-state index contributed by atoms with van der Waals surface area (Å²) in [6, 6.07) is 6.96. The first-order valence-corrected chi connectivity index (χ1v) is 6.93. The molecule has 1 atom stereocenters. The Morgan fingerprint density at radius 3 is 2.62 bits per heavy atom. The van der Waals surface area contributed by atoms with Gasteiger partial charge in [-0.2, -0.15) is 0 Å². The minimum absolute atomic E-state index is 0. The van der Waals surface area contributed by atoms with Gasteiger partial charge in [-0.3, -0.25) is 9.59 Å². The zero-order valence-electron chi connectivity index (χ0n) is 12.4. The highest BCUT2D eigenvalue weighted by Gasteiger charge is 2.25. The lowest BCUT2D eigenvalue weighted by Crippen LogP contribution is -2.32. The average molecular weight is 312 g/mol. The number of rotatable bonds is 3. The highest BCUT2D eigenvalue weighted by Crippen LogP contribution is 2.14. The molecular formula is C15H22ClN3O2. The Kier molecular flexibility index (Phi) is 6.18. The molecular weight excluding hydrogens is 290 g/mol. The molecule has 21 heavy (non-hydrogen) atoms. The Bertz CT molecular complexity index is 521. The van der Waals surface area contributed by atoms with Crippen LogP contribution in [0, 0.1) is 0 Å². The lowest BCUT2D eigenvalue weighted by molar-refractivity contribution is 0.0790. The number of carbonyl (C=O) groups is 2. The van der Waals surface area contributed by atoms with Crippen molar-refractivity contribution in [3.63, 3.8) is 0 Å². The third kappa shape index (κ3) is 3.95. The number of carbonyl (C=O) groups excluding carboxylic acids is 2. The quantitative estimate of drug-likeness (QED) is 0.917. The van der Waals surface area contributed by atoms with Crippen LogP contribution in [0.3, 0.4) is 0 Å². The third-order valence-electron chi connectivity index (χ3n) is 3.69. The largest absolute Gasteiger partial charge is 0.342 e. The molecule has 1 aromatic carbocycles. The molecule has 6 heteroatoms. The molecule has 5 nitrogen and oxygen atoms in total. The Hall–Kier alpha value is -1.59. The molecule has 2 amide bonds. The van der Waals surface area contributed by atoms with Gasteiger partial charge in [0.1, 0.15) is 0 Å². The van der Waals surface area contributed by atoms with Crippen LogP contribution in [0.25, 0.3) is 0 Å². The van der Waals surface area contributed by atoms with Crippen molar-refractivity contribution in [3.05, 3.63) is 35.4 Å². The number of hydrogen-bond donors (Lipinski definition) is 1. The second-order valence-corrected chi connectivity index (χ2v) is 5.20. The SMILES string of the molecule is CCN(C)C(=O)c1cccc(C(=O)N2CC[C@@H](N)C2)c1.Cl. The van der Waals surface area contributed by atoms with E-state index in [-0.39, 0.29) is 30.3 Å². The van der Waals surface area contributed by atoms with E-state index in [2.05, 4.69) is 0 Å². The van der Waals surface area contributed by atoms with Crippen molar-refractivity contribution in [2.45, 2.75) is 19.4 Å². The molecule has 0 unspecified atom stereocenters. The van der Waals surface area contributed by atoms with Gasteiger partial charge in [-0.15, -0.1) is 12.4 Å². The number of halogens is 1. The molecule has 1 aliphatic heterocycles. The van der Waals surface area contributed by atoms with Crippen molar-refractivity contribution in [1.29, 1.82) is 0 Å². The molecule has 0 aromatic heterocycles. The summed E-state index contributed by atoms with van der Waals surface area (Å²) < 4.78 is 0. The molecule has 0 radical (unpaired) electrons. The number of hydrogen-bond acceptors (Lipinski definition) is 3. The second-order valence-electron chi connectivity index (χ2n) is 5.20. The smallest absolute Gasteiger partial charge is 0.253 e. The van der Waals surface area contributed by atoms with Crippen LogP contribution in [0.15, 0.2) is 24.3 Å². The number of amides is 2. The molecule has 1 aromatic rings. The Morgan fingerprint density at radius 2 is 2.05 bits per heavy atom. The summed E-state index contributed by atoms with van der Waals surface area (Å²) >= 11 is 0. The third-order valence-corrected chi connectivity index (χ3v) is 3.69. The summed E-state index contributed by atoms with van der Waals surface area (Å²) in [5, 5.41) is 0. The topological polar surface area (TPSA) is 66.6 Å². The molecule has 0 bridgehead atoms. The Morgan fingerprint density at radius 1 is 1.38 bits per heavy atom. The van der Waals surface area contributed by atoms with E-state index in [4.69, 9.17) is 5.73 Å². The van der Waals surface area contributed by atoms with E-state index in [9.17, 15) is 9.59 Å². The van der Waals surface area contributed by atoms with Gasteiger partial charge in [-0.05, 0) is 31.5 Å². The molecule has 2 rings (SSSR count). The van der Waals surface area contributed by atoms with Gasteiger partial charge in [0.15, 0.2) is 0 Å². The van der Waals surface area contributed by atoms with Crippen LogP contribution in [-0.2, 0) is 0 Å². The van der Waals surface area contributed by atoms with Crippen molar-refractivity contribution in [2.75, 3.05) is 26.7 Å². The van der Waals surface area contributed by atoms with Crippen molar-refractivity contribution in [2.24, 2.45) is 5.73 Å². The van der Waals surface area contributed by atoms with Gasteiger partial charge in [-0.1, -0.05) is 6.07 Å². The summed E-state index contributed by atoms with van der Waals surface area (Å²) in [5.74, 6) is -0.118. The van der Waals surface area contributed by atoms with Gasteiger partial charge in [-0.25, -0.2) is 0 Å². The first-order chi connectivity index (χ1) is 9.52. The highest BCUT2D eigenvalue weighted by molar-refractivity contribution is 5.99. The monoisotopic (exact) mass is 311 g/mol. The van der Waals surface area contributed by atoms with Crippen LogP contribution in [0.4, 0.5) is 0 Å². The summed E-state index contributed by atoms with van der Waals surface area (Å²) in [5.41, 5.74) is 6.92. The molecule has 1 fully saturated rings. The summed E-state index contributed by atoms with van der Waals surface area (Å²) in [4.78, 5) is 27.8. The predicted molar refractivity (Wildman–Crippen MR) is 84.8 cm³/mol.